The Labute approximate surface area is 331 Å². The number of anilines is 1. The number of hydrogen-bond acceptors (Lipinski definition) is 9. The number of carbonyl (C=O) groups excluding carboxylic acids is 3. The van der Waals surface area contributed by atoms with Gasteiger partial charge < -0.3 is 25.0 Å². The van der Waals surface area contributed by atoms with Gasteiger partial charge in [-0.15, -0.1) is 0 Å². The molecule has 57 heavy (non-hydrogen) atoms. The number of methoxy groups -OCH3 is 1. The van der Waals surface area contributed by atoms with Crippen LogP contribution in [-0.2, 0) is 24.4 Å². The van der Waals surface area contributed by atoms with E-state index in [2.05, 4.69) is 15.4 Å². The fourth-order valence-corrected chi connectivity index (χ4v) is 9.33. The molecule has 0 bridgehead atoms. The van der Waals surface area contributed by atoms with Crippen molar-refractivity contribution in [3.05, 3.63) is 96.8 Å². The molecule has 2 aliphatic heterocycles. The summed E-state index contributed by atoms with van der Waals surface area (Å²) in [6, 6.07) is 21.0. The molecule has 3 aromatic carbocycles. The zero-order chi connectivity index (χ0) is 39.7. The molecule has 5 atom stereocenters. The van der Waals surface area contributed by atoms with Gasteiger partial charge in [-0.2, -0.15) is 0 Å². The molecule has 12 nitrogen and oxygen atoms in total. The van der Waals surface area contributed by atoms with Crippen LogP contribution in [-0.4, -0.2) is 78.7 Å². The van der Waals surface area contributed by atoms with Crippen molar-refractivity contribution in [3.8, 4) is 22.8 Å². The molecule has 8 rings (SSSR count). The number of nitrogens with zero attached hydrogens (tertiary/aromatic N) is 2. The van der Waals surface area contributed by atoms with Crippen LogP contribution in [0.3, 0.4) is 0 Å². The molecule has 4 aliphatic rings. The van der Waals surface area contributed by atoms with Crippen LogP contribution in [0.15, 0.2) is 91.0 Å². The molecule has 0 radical (unpaired) electrons. The Hall–Kier alpha value is -5.50. The Morgan fingerprint density at radius 1 is 0.982 bits per heavy atom. The third-order valence-electron chi connectivity index (χ3n) is 11.4. The number of fused-ring (bicyclic) bond motifs is 3. The molecule has 0 spiro atoms. The van der Waals surface area contributed by atoms with Crippen molar-refractivity contribution in [3.63, 3.8) is 0 Å². The average Bonchev–Trinajstić information content (AvgIpc) is 4.13. The number of pyridine rings is 1. The first-order chi connectivity index (χ1) is 27.5. The smallest absolute Gasteiger partial charge is 0.259 e. The van der Waals surface area contributed by atoms with Crippen LogP contribution >= 0.6 is 0 Å². The van der Waals surface area contributed by atoms with Crippen molar-refractivity contribution < 1.29 is 36.7 Å². The van der Waals surface area contributed by atoms with Crippen LogP contribution in [0.2, 0.25) is 0 Å². The second-order valence-corrected chi connectivity index (χ2v) is 17.4. The van der Waals surface area contributed by atoms with Crippen molar-refractivity contribution in [1.82, 2.24) is 19.9 Å². The number of carbonyl (C=O) groups is 3. The average molecular weight is 796 g/mol. The van der Waals surface area contributed by atoms with Gasteiger partial charge in [0.25, 0.3) is 5.91 Å². The standard InChI is InChI=1S/C43H46FN5O7S/c1-55-31-17-20-34-37(22-31)46-36(27-11-6-5-7-12-27)24-39(34)56-32-23-38-40(50)47-43(42(52)48-57(53,54)33-18-19-33)25-28(43)13-8-3-2-4-9-16-35(41(51)49(38)26-32)45-30-15-10-14-29(44)21-30/h5-8,10-15,17,20-22,24,28,32-33,35,38,45H,2-4,9,16,18-19,23,25-26H2,1H3,(H,47,50)(H,48,52)/b13-8-/t28-,32+,35-,38-,43+/m0/s1. The van der Waals surface area contributed by atoms with Gasteiger partial charge in [-0.3, -0.25) is 19.1 Å². The second kappa shape index (κ2) is 15.8. The third kappa shape index (κ3) is 8.32. The summed E-state index contributed by atoms with van der Waals surface area (Å²) in [6.07, 6.45) is 7.93. The second-order valence-electron chi connectivity index (χ2n) is 15.5. The molecule has 1 saturated heterocycles. The monoisotopic (exact) mass is 795 g/mol. The lowest BCUT2D eigenvalue weighted by atomic mass is 10.0. The van der Waals surface area contributed by atoms with E-state index >= 15 is 0 Å². The third-order valence-corrected chi connectivity index (χ3v) is 13.2. The van der Waals surface area contributed by atoms with Crippen LogP contribution in [0.1, 0.15) is 57.8 Å². The predicted molar refractivity (Wildman–Crippen MR) is 213 cm³/mol. The van der Waals surface area contributed by atoms with Gasteiger partial charge in [0.2, 0.25) is 21.8 Å². The molecule has 3 N–H and O–H groups in total. The highest BCUT2D eigenvalue weighted by Crippen LogP contribution is 2.46. The van der Waals surface area contributed by atoms with Gasteiger partial charge in [0, 0.05) is 41.1 Å². The quantitative estimate of drug-likeness (QED) is 0.176. The van der Waals surface area contributed by atoms with Gasteiger partial charge in [0.15, 0.2) is 0 Å². The lowest BCUT2D eigenvalue weighted by Gasteiger charge is -2.30. The number of amides is 3. The van der Waals surface area contributed by atoms with Gasteiger partial charge in [0.1, 0.15) is 41.0 Å². The fraction of sp³-hybridized carbons (Fsp3) is 0.395. The van der Waals surface area contributed by atoms with E-state index in [-0.39, 0.29) is 25.3 Å². The SMILES string of the molecule is COc1ccc2c(O[C@@H]3C[C@H]4C(=O)N[C@]5(C(=O)NS(=O)(=O)C6CC6)C[C@@H]5/C=C\CCCCC[C@H](Nc5cccc(F)c5)C(=O)N4C3)cc(-c3ccccc3)nc2c1. The highest BCUT2D eigenvalue weighted by Gasteiger charge is 2.62. The van der Waals surface area contributed by atoms with Crippen molar-refractivity contribution >= 4 is 44.3 Å². The first-order valence-corrected chi connectivity index (χ1v) is 21.2. The van der Waals surface area contributed by atoms with E-state index in [1.807, 2.05) is 66.7 Å². The van der Waals surface area contributed by atoms with Crippen molar-refractivity contribution in [1.29, 1.82) is 0 Å². The Balaban J connectivity index is 1.14. The number of sulfonamides is 1. The molecule has 14 heteroatoms. The molecule has 3 amide bonds. The number of ether oxygens (including phenoxy) is 2. The van der Waals surface area contributed by atoms with Crippen LogP contribution in [0.4, 0.5) is 10.1 Å². The largest absolute Gasteiger partial charge is 0.497 e. The number of hydrogen-bond donors (Lipinski definition) is 3. The number of allylic oxidation sites excluding steroid dienone is 1. The predicted octanol–water partition coefficient (Wildman–Crippen LogP) is 5.88. The highest BCUT2D eigenvalue weighted by molar-refractivity contribution is 7.91. The maximum Gasteiger partial charge on any atom is 0.259 e. The fourth-order valence-electron chi connectivity index (χ4n) is 7.96. The normalized spacial score (nSPS) is 25.9. The van der Waals surface area contributed by atoms with Gasteiger partial charge in [0.05, 0.1) is 30.1 Å². The molecular weight excluding hydrogens is 750 g/mol. The summed E-state index contributed by atoms with van der Waals surface area (Å²) in [5.74, 6) is -1.47. The van der Waals surface area contributed by atoms with Gasteiger partial charge in [-0.25, -0.2) is 17.8 Å². The minimum atomic E-state index is -3.89. The molecule has 4 aromatic rings. The van der Waals surface area contributed by atoms with Crippen LogP contribution in [0, 0.1) is 11.7 Å². The maximum absolute atomic E-state index is 14.7. The van der Waals surface area contributed by atoms with E-state index in [9.17, 15) is 27.2 Å². The molecule has 298 valence electrons. The zero-order valence-electron chi connectivity index (χ0n) is 31.7. The molecule has 2 saturated carbocycles. The summed E-state index contributed by atoms with van der Waals surface area (Å²) in [4.78, 5) is 49.5. The van der Waals surface area contributed by atoms with Gasteiger partial charge in [-0.05, 0) is 68.9 Å². The Morgan fingerprint density at radius 2 is 1.81 bits per heavy atom. The molecule has 0 unspecified atom stereocenters. The topological polar surface area (TPSA) is 156 Å². The van der Waals surface area contributed by atoms with E-state index in [0.29, 0.717) is 65.9 Å². The number of rotatable bonds is 9. The summed E-state index contributed by atoms with van der Waals surface area (Å²) < 4.78 is 54.6. The minimum absolute atomic E-state index is 0.0392. The van der Waals surface area contributed by atoms with Crippen molar-refractivity contribution in [2.45, 2.75) is 86.8 Å². The first kappa shape index (κ1) is 38.4. The van der Waals surface area contributed by atoms with Gasteiger partial charge in [-0.1, -0.05) is 61.4 Å². The Kier molecular flexibility index (Phi) is 10.6. The number of nitrogens with one attached hydrogen (secondary N) is 3. The molecule has 3 fully saturated rings. The summed E-state index contributed by atoms with van der Waals surface area (Å²) in [6.45, 7) is 0.0392. The van der Waals surface area contributed by atoms with Crippen LogP contribution in [0.25, 0.3) is 22.2 Å². The first-order valence-electron chi connectivity index (χ1n) is 19.6. The lowest BCUT2D eigenvalue weighted by molar-refractivity contribution is -0.140. The summed E-state index contributed by atoms with van der Waals surface area (Å²) in [5, 5.41) is 6.25. The maximum atomic E-state index is 14.7. The van der Waals surface area contributed by atoms with Crippen LogP contribution in [0.5, 0.6) is 11.5 Å². The number of benzene rings is 3. The summed E-state index contributed by atoms with van der Waals surface area (Å²) >= 11 is 0. The van der Waals surface area contributed by atoms with Gasteiger partial charge >= 0.3 is 0 Å². The van der Waals surface area contributed by atoms with E-state index in [1.165, 1.54) is 17.0 Å². The lowest BCUT2D eigenvalue weighted by Crippen LogP contribution is -2.57. The number of halogens is 1. The summed E-state index contributed by atoms with van der Waals surface area (Å²) in [7, 11) is -2.31. The van der Waals surface area contributed by atoms with E-state index < -0.39 is 62.5 Å². The van der Waals surface area contributed by atoms with E-state index in [1.54, 1.807) is 19.2 Å². The van der Waals surface area contributed by atoms with E-state index in [4.69, 9.17) is 14.5 Å². The minimum Gasteiger partial charge on any atom is -0.497 e. The molecule has 1 aromatic heterocycles. The van der Waals surface area contributed by atoms with Crippen molar-refractivity contribution in [2.75, 3.05) is 19.0 Å². The molecule has 3 heterocycles. The summed E-state index contributed by atoms with van der Waals surface area (Å²) in [5.41, 5.74) is 1.10. The highest BCUT2D eigenvalue weighted by atomic mass is 32.2. The molecular formula is C43H46FN5O7S. The zero-order valence-corrected chi connectivity index (χ0v) is 32.5. The molecule has 2 aliphatic carbocycles. The Morgan fingerprint density at radius 3 is 2.58 bits per heavy atom. The Bertz CT molecular complexity index is 2320. The van der Waals surface area contributed by atoms with E-state index in [0.717, 1.165) is 18.4 Å². The number of aromatic nitrogens is 1. The van der Waals surface area contributed by atoms with Crippen molar-refractivity contribution in [2.24, 2.45) is 5.92 Å². The van der Waals surface area contributed by atoms with Crippen LogP contribution < -0.4 is 24.8 Å².